The van der Waals surface area contributed by atoms with E-state index in [1.54, 1.807) is 0 Å². The molecule has 1 aliphatic rings. The van der Waals surface area contributed by atoms with E-state index in [4.69, 9.17) is 4.74 Å². The normalized spacial score (nSPS) is 14.6. The zero-order valence-corrected chi connectivity index (χ0v) is 10.5. The highest BCUT2D eigenvalue weighted by Crippen LogP contribution is 2.32. The van der Waals surface area contributed by atoms with Crippen LogP contribution in [0.1, 0.15) is 16.8 Å². The highest BCUT2D eigenvalue weighted by Gasteiger charge is 2.19. The molecule has 0 amide bonds. The molecule has 2 aromatic rings. The summed E-state index contributed by atoms with van der Waals surface area (Å²) in [7, 11) is 1.85. The molecular formula is C14H15FN2O. The molecule has 0 saturated carbocycles. The molecule has 0 radical (unpaired) electrons. The molecule has 2 heterocycles. The standard InChI is InChI=1S/C14H15FN2O/c1-8-5-9-13(16-2)10-7-18-4-3-12(10)17-14(9)11(15)6-8/h5-6H,3-4,7H2,1-2H3,(H,16,17). The molecule has 0 bridgehead atoms. The SMILES string of the molecule is CNc1c2c(nc3c(F)cc(C)cc13)CCOC2. The van der Waals surface area contributed by atoms with Crippen LogP contribution in [0, 0.1) is 12.7 Å². The number of hydrogen-bond donors (Lipinski definition) is 1. The van der Waals surface area contributed by atoms with E-state index in [1.165, 1.54) is 6.07 Å². The van der Waals surface area contributed by atoms with Crippen molar-refractivity contribution in [3.63, 3.8) is 0 Å². The summed E-state index contributed by atoms with van der Waals surface area (Å²) in [4.78, 5) is 4.47. The lowest BCUT2D eigenvalue weighted by Crippen LogP contribution is -2.14. The fourth-order valence-electron chi connectivity index (χ4n) is 2.54. The highest BCUT2D eigenvalue weighted by atomic mass is 19.1. The van der Waals surface area contributed by atoms with Gasteiger partial charge in [0.25, 0.3) is 0 Å². The molecule has 3 rings (SSSR count). The van der Waals surface area contributed by atoms with E-state index in [9.17, 15) is 4.39 Å². The number of nitrogens with zero attached hydrogens (tertiary/aromatic N) is 1. The number of halogens is 1. The third-order valence-corrected chi connectivity index (χ3v) is 3.35. The molecule has 1 N–H and O–H groups in total. The van der Waals surface area contributed by atoms with Crippen molar-refractivity contribution in [2.24, 2.45) is 0 Å². The van der Waals surface area contributed by atoms with Gasteiger partial charge in [0.2, 0.25) is 0 Å². The van der Waals surface area contributed by atoms with Gasteiger partial charge >= 0.3 is 0 Å². The third kappa shape index (κ3) is 1.64. The van der Waals surface area contributed by atoms with Gasteiger partial charge in [0.1, 0.15) is 11.3 Å². The topological polar surface area (TPSA) is 34.2 Å². The van der Waals surface area contributed by atoms with Crippen LogP contribution in [0.2, 0.25) is 0 Å². The second kappa shape index (κ2) is 4.21. The Morgan fingerprint density at radius 1 is 1.39 bits per heavy atom. The Bertz CT molecular complexity index is 625. The second-order valence-electron chi connectivity index (χ2n) is 4.61. The summed E-state index contributed by atoms with van der Waals surface area (Å²) in [6.07, 6.45) is 0.743. The average molecular weight is 246 g/mol. The maximum Gasteiger partial charge on any atom is 0.149 e. The molecule has 94 valence electrons. The maximum atomic E-state index is 14.0. The van der Waals surface area contributed by atoms with Gasteiger partial charge < -0.3 is 10.1 Å². The van der Waals surface area contributed by atoms with Gasteiger partial charge in [-0.05, 0) is 24.6 Å². The van der Waals surface area contributed by atoms with Crippen molar-refractivity contribution in [2.75, 3.05) is 19.0 Å². The van der Waals surface area contributed by atoms with Crippen LogP contribution in [0.25, 0.3) is 10.9 Å². The van der Waals surface area contributed by atoms with Crippen molar-refractivity contribution in [3.05, 3.63) is 34.8 Å². The zero-order valence-electron chi connectivity index (χ0n) is 10.5. The summed E-state index contributed by atoms with van der Waals surface area (Å²) >= 11 is 0. The van der Waals surface area contributed by atoms with Crippen LogP contribution < -0.4 is 5.32 Å². The first kappa shape index (κ1) is 11.4. The molecule has 18 heavy (non-hydrogen) atoms. The number of nitrogens with one attached hydrogen (secondary N) is 1. The fraction of sp³-hybridized carbons (Fsp3) is 0.357. The summed E-state index contributed by atoms with van der Waals surface area (Å²) in [5.41, 5.74) is 4.29. The van der Waals surface area contributed by atoms with Crippen molar-refractivity contribution in [2.45, 2.75) is 20.0 Å². The number of benzene rings is 1. The van der Waals surface area contributed by atoms with Crippen molar-refractivity contribution >= 4 is 16.6 Å². The molecule has 0 saturated heterocycles. The van der Waals surface area contributed by atoms with Crippen molar-refractivity contribution < 1.29 is 9.13 Å². The number of rotatable bonds is 1. The number of aromatic nitrogens is 1. The summed E-state index contributed by atoms with van der Waals surface area (Å²) in [6, 6.07) is 3.49. The summed E-state index contributed by atoms with van der Waals surface area (Å²) in [5, 5.41) is 4.00. The molecule has 4 heteroatoms. The quantitative estimate of drug-likeness (QED) is 0.840. The van der Waals surface area contributed by atoms with Gasteiger partial charge in [-0.25, -0.2) is 9.37 Å². The van der Waals surface area contributed by atoms with E-state index < -0.39 is 0 Å². The molecule has 1 aromatic carbocycles. The molecule has 0 aliphatic carbocycles. The predicted octanol–water partition coefficient (Wildman–Crippen LogP) is 2.80. The molecule has 1 aromatic heterocycles. The van der Waals surface area contributed by atoms with Crippen LogP contribution in [0.3, 0.4) is 0 Å². The monoisotopic (exact) mass is 246 g/mol. The molecule has 0 fully saturated rings. The van der Waals surface area contributed by atoms with Gasteiger partial charge in [-0.1, -0.05) is 0 Å². The lowest BCUT2D eigenvalue weighted by molar-refractivity contribution is 0.110. The Kier molecular flexibility index (Phi) is 2.67. The lowest BCUT2D eigenvalue weighted by Gasteiger charge is -2.21. The molecule has 3 nitrogen and oxygen atoms in total. The molecule has 0 spiro atoms. The minimum absolute atomic E-state index is 0.254. The van der Waals surface area contributed by atoms with E-state index in [0.717, 1.165) is 34.3 Å². The van der Waals surface area contributed by atoms with Crippen LogP contribution in [0.5, 0.6) is 0 Å². The van der Waals surface area contributed by atoms with Crippen LogP contribution >= 0.6 is 0 Å². The molecular weight excluding hydrogens is 231 g/mol. The number of ether oxygens (including phenoxy) is 1. The second-order valence-corrected chi connectivity index (χ2v) is 4.61. The Labute approximate surface area is 105 Å². The molecule has 1 aliphatic heterocycles. The third-order valence-electron chi connectivity index (χ3n) is 3.35. The predicted molar refractivity (Wildman–Crippen MR) is 69.3 cm³/mol. The van der Waals surface area contributed by atoms with E-state index in [2.05, 4.69) is 10.3 Å². The Balaban J connectivity index is 2.40. The van der Waals surface area contributed by atoms with Gasteiger partial charge in [0, 0.05) is 24.4 Å². The van der Waals surface area contributed by atoms with E-state index in [0.29, 0.717) is 18.7 Å². The van der Waals surface area contributed by atoms with Crippen LogP contribution in [0.4, 0.5) is 10.1 Å². The Morgan fingerprint density at radius 2 is 2.22 bits per heavy atom. The van der Waals surface area contributed by atoms with E-state index >= 15 is 0 Å². The van der Waals surface area contributed by atoms with Crippen LogP contribution in [-0.2, 0) is 17.8 Å². The minimum Gasteiger partial charge on any atom is -0.387 e. The average Bonchev–Trinajstić information content (AvgIpc) is 2.36. The smallest absolute Gasteiger partial charge is 0.149 e. The summed E-state index contributed by atoms with van der Waals surface area (Å²) < 4.78 is 19.5. The van der Waals surface area contributed by atoms with Crippen LogP contribution in [-0.4, -0.2) is 18.6 Å². The maximum absolute atomic E-state index is 14.0. The number of anilines is 1. The number of aryl methyl sites for hydroxylation is 1. The summed E-state index contributed by atoms with van der Waals surface area (Å²) in [5.74, 6) is -0.254. The van der Waals surface area contributed by atoms with E-state index in [-0.39, 0.29) is 5.82 Å². The van der Waals surface area contributed by atoms with Gasteiger partial charge in [0.05, 0.1) is 24.6 Å². The minimum atomic E-state index is -0.254. The van der Waals surface area contributed by atoms with Crippen LogP contribution in [0.15, 0.2) is 12.1 Å². The van der Waals surface area contributed by atoms with Gasteiger partial charge in [-0.15, -0.1) is 0 Å². The zero-order chi connectivity index (χ0) is 12.7. The summed E-state index contributed by atoms with van der Waals surface area (Å²) in [6.45, 7) is 3.09. The Morgan fingerprint density at radius 3 is 3.00 bits per heavy atom. The number of pyridine rings is 1. The fourth-order valence-corrected chi connectivity index (χ4v) is 2.54. The first-order chi connectivity index (χ1) is 8.70. The highest BCUT2D eigenvalue weighted by molar-refractivity contribution is 5.94. The number of hydrogen-bond acceptors (Lipinski definition) is 3. The largest absolute Gasteiger partial charge is 0.387 e. The van der Waals surface area contributed by atoms with Gasteiger partial charge in [-0.3, -0.25) is 0 Å². The number of fused-ring (bicyclic) bond motifs is 2. The first-order valence-corrected chi connectivity index (χ1v) is 6.08. The van der Waals surface area contributed by atoms with Crippen molar-refractivity contribution in [1.29, 1.82) is 0 Å². The van der Waals surface area contributed by atoms with E-state index in [1.807, 2.05) is 20.0 Å². The van der Waals surface area contributed by atoms with Crippen molar-refractivity contribution in [3.8, 4) is 0 Å². The molecule has 0 unspecified atom stereocenters. The van der Waals surface area contributed by atoms with Gasteiger partial charge in [0.15, 0.2) is 0 Å². The molecule has 0 atom stereocenters. The van der Waals surface area contributed by atoms with Gasteiger partial charge in [-0.2, -0.15) is 0 Å². The van der Waals surface area contributed by atoms with Crippen molar-refractivity contribution in [1.82, 2.24) is 4.98 Å². The first-order valence-electron chi connectivity index (χ1n) is 6.08. The Hall–Kier alpha value is -1.68. The lowest BCUT2D eigenvalue weighted by atomic mass is 10.0.